The molecule has 0 radical (unpaired) electrons. The molecule has 2 nitrogen and oxygen atoms in total. The molecule has 0 heterocycles. The van der Waals surface area contributed by atoms with E-state index < -0.39 is 5.97 Å². The molecule has 0 spiro atoms. The standard InChI is InChI=1S/C7H13O2.W/c1-4-6(5(2)3)7(8)9;/h5-6H,1,4H2,2-3H3,(H,8,9);/q-1;/t6-;/m1./s1. The van der Waals surface area contributed by atoms with Gasteiger partial charge in [0.05, 0.1) is 0 Å². The molecule has 0 aromatic rings. The summed E-state index contributed by atoms with van der Waals surface area (Å²) in [6.07, 6.45) is 0.479. The van der Waals surface area contributed by atoms with Gasteiger partial charge in [0.1, 0.15) is 0 Å². The largest absolute Gasteiger partial charge is 0.481 e. The number of carboxylic acid groups (broad SMARTS) is 1. The van der Waals surface area contributed by atoms with E-state index in [-0.39, 0.29) is 32.9 Å². The van der Waals surface area contributed by atoms with Crippen LogP contribution in [0.5, 0.6) is 0 Å². The minimum Gasteiger partial charge on any atom is -0.481 e. The fourth-order valence-electron chi connectivity index (χ4n) is 0.742. The molecule has 0 bridgehead atoms. The predicted molar refractivity (Wildman–Crippen MR) is 35.9 cm³/mol. The van der Waals surface area contributed by atoms with Crippen molar-refractivity contribution in [3.63, 3.8) is 0 Å². The summed E-state index contributed by atoms with van der Waals surface area (Å²) in [7, 11) is 0. The molecule has 1 atom stereocenters. The fraction of sp³-hybridized carbons (Fsp3) is 0.714. The Morgan fingerprint density at radius 3 is 2.00 bits per heavy atom. The van der Waals surface area contributed by atoms with Gasteiger partial charge in [-0.1, -0.05) is 13.8 Å². The first kappa shape index (κ1) is 12.8. The number of carbonyl (C=O) groups is 1. The number of hydrogen-bond donors (Lipinski definition) is 1. The fourth-order valence-corrected chi connectivity index (χ4v) is 0.742. The van der Waals surface area contributed by atoms with Crippen molar-refractivity contribution in [3.8, 4) is 0 Å². The molecule has 0 aliphatic rings. The quantitative estimate of drug-likeness (QED) is 0.803. The Hall–Kier alpha value is 0.158. The van der Waals surface area contributed by atoms with Crippen molar-refractivity contribution in [1.82, 2.24) is 0 Å². The molecule has 0 aromatic carbocycles. The molecule has 0 amide bonds. The van der Waals surface area contributed by atoms with E-state index in [4.69, 9.17) is 5.11 Å². The minimum absolute atomic E-state index is 0. The molecule has 0 saturated carbocycles. The van der Waals surface area contributed by atoms with E-state index in [1.807, 2.05) is 13.8 Å². The SMILES string of the molecule is [CH2-]C[C@@H](C(=O)O)C(C)C.[W]. The van der Waals surface area contributed by atoms with Gasteiger partial charge in [-0.25, -0.2) is 0 Å². The van der Waals surface area contributed by atoms with Crippen LogP contribution in [0, 0.1) is 18.8 Å². The molecule has 10 heavy (non-hydrogen) atoms. The van der Waals surface area contributed by atoms with E-state index >= 15 is 0 Å². The van der Waals surface area contributed by atoms with Crippen molar-refractivity contribution in [2.75, 3.05) is 0 Å². The Balaban J connectivity index is 0. The zero-order chi connectivity index (χ0) is 7.44. The van der Waals surface area contributed by atoms with E-state index in [0.717, 1.165) is 0 Å². The first-order valence-electron chi connectivity index (χ1n) is 3.11. The Kier molecular flexibility index (Phi) is 7.56. The summed E-state index contributed by atoms with van der Waals surface area (Å²) in [5, 5.41) is 8.50. The molecule has 3 heteroatoms. The Bertz CT molecular complexity index is 102. The molecule has 0 unspecified atom stereocenters. The smallest absolute Gasteiger partial charge is 0.304 e. The van der Waals surface area contributed by atoms with Crippen molar-refractivity contribution in [2.24, 2.45) is 11.8 Å². The third-order valence-corrected chi connectivity index (χ3v) is 1.43. The van der Waals surface area contributed by atoms with Crippen LogP contribution in [0.2, 0.25) is 0 Å². The summed E-state index contributed by atoms with van der Waals surface area (Å²) in [6, 6.07) is 0. The van der Waals surface area contributed by atoms with E-state index in [2.05, 4.69) is 6.92 Å². The van der Waals surface area contributed by atoms with Crippen LogP contribution in [0.15, 0.2) is 0 Å². The van der Waals surface area contributed by atoms with Gasteiger partial charge in [0.25, 0.3) is 0 Å². The Labute approximate surface area is 76.3 Å². The van der Waals surface area contributed by atoms with E-state index in [0.29, 0.717) is 6.42 Å². The first-order valence-corrected chi connectivity index (χ1v) is 3.11. The van der Waals surface area contributed by atoms with Crippen LogP contribution < -0.4 is 0 Å². The van der Waals surface area contributed by atoms with Crippen molar-refractivity contribution < 1.29 is 31.0 Å². The summed E-state index contributed by atoms with van der Waals surface area (Å²) in [6.45, 7) is 7.33. The summed E-state index contributed by atoms with van der Waals surface area (Å²) in [4.78, 5) is 10.3. The zero-order valence-corrected chi connectivity index (χ0v) is 9.27. The molecular weight excluding hydrogens is 300 g/mol. The maximum absolute atomic E-state index is 10.3. The molecule has 0 rings (SSSR count). The third kappa shape index (κ3) is 4.05. The van der Waals surface area contributed by atoms with Crippen molar-refractivity contribution in [3.05, 3.63) is 6.92 Å². The van der Waals surface area contributed by atoms with Crippen LogP contribution in [0.3, 0.4) is 0 Å². The van der Waals surface area contributed by atoms with E-state index in [1.165, 1.54) is 0 Å². The summed E-state index contributed by atoms with van der Waals surface area (Å²) < 4.78 is 0. The van der Waals surface area contributed by atoms with Crippen LogP contribution >= 0.6 is 0 Å². The number of aliphatic carboxylic acids is 1. The first-order chi connectivity index (χ1) is 4.09. The van der Waals surface area contributed by atoms with Gasteiger partial charge in [-0.05, 0) is 5.92 Å². The summed E-state index contributed by atoms with van der Waals surface area (Å²) >= 11 is 0. The summed E-state index contributed by atoms with van der Waals surface area (Å²) in [5.74, 6) is -0.815. The topological polar surface area (TPSA) is 37.3 Å². The second-order valence-corrected chi connectivity index (χ2v) is 2.48. The number of rotatable bonds is 3. The maximum Gasteiger partial charge on any atom is 0.304 e. The molecular formula is C7H13O2W-. The number of hydrogen-bond acceptors (Lipinski definition) is 1. The van der Waals surface area contributed by atoms with Crippen molar-refractivity contribution in [1.29, 1.82) is 0 Å². The van der Waals surface area contributed by atoms with E-state index in [9.17, 15) is 4.79 Å². The second-order valence-electron chi connectivity index (χ2n) is 2.48. The van der Waals surface area contributed by atoms with Crippen LogP contribution in [-0.4, -0.2) is 11.1 Å². The third-order valence-electron chi connectivity index (χ3n) is 1.43. The zero-order valence-electron chi connectivity index (χ0n) is 6.33. The van der Waals surface area contributed by atoms with Crippen molar-refractivity contribution in [2.45, 2.75) is 20.3 Å². The normalized spacial score (nSPS) is 12.4. The molecule has 1 N–H and O–H groups in total. The number of carboxylic acids is 1. The molecule has 0 fully saturated rings. The van der Waals surface area contributed by atoms with Crippen molar-refractivity contribution >= 4 is 5.97 Å². The second kappa shape index (κ2) is 5.91. The molecule has 0 saturated heterocycles. The van der Waals surface area contributed by atoms with E-state index in [1.54, 1.807) is 0 Å². The molecule has 0 aliphatic heterocycles. The van der Waals surface area contributed by atoms with Gasteiger partial charge < -0.3 is 12.0 Å². The van der Waals surface area contributed by atoms with Gasteiger partial charge in [0.15, 0.2) is 0 Å². The Morgan fingerprint density at radius 2 is 2.00 bits per heavy atom. The molecule has 0 aliphatic carbocycles. The Morgan fingerprint density at radius 1 is 1.60 bits per heavy atom. The molecule has 60 valence electrons. The van der Waals surface area contributed by atoms with Gasteiger partial charge in [-0.2, -0.15) is 6.42 Å². The molecule has 0 aromatic heterocycles. The van der Waals surface area contributed by atoms with Crippen LogP contribution in [0.4, 0.5) is 0 Å². The predicted octanol–water partition coefficient (Wildman–Crippen LogP) is 1.56. The minimum atomic E-state index is -0.736. The van der Waals surface area contributed by atoms with Gasteiger partial charge in [-0.15, -0.1) is 0 Å². The maximum atomic E-state index is 10.3. The van der Waals surface area contributed by atoms with Gasteiger partial charge >= 0.3 is 5.97 Å². The summed E-state index contributed by atoms with van der Waals surface area (Å²) in [5.41, 5.74) is 0. The van der Waals surface area contributed by atoms with Crippen LogP contribution in [-0.2, 0) is 25.9 Å². The van der Waals surface area contributed by atoms with Crippen LogP contribution in [0.1, 0.15) is 20.3 Å². The monoisotopic (exact) mass is 313 g/mol. The van der Waals surface area contributed by atoms with Crippen LogP contribution in [0.25, 0.3) is 0 Å². The average molecular weight is 313 g/mol. The van der Waals surface area contributed by atoms with Gasteiger partial charge in [0.2, 0.25) is 0 Å². The average Bonchev–Trinajstić information content (AvgIpc) is 1.64. The van der Waals surface area contributed by atoms with Gasteiger partial charge in [-0.3, -0.25) is 4.79 Å². The van der Waals surface area contributed by atoms with Gasteiger partial charge in [0, 0.05) is 27.0 Å².